The van der Waals surface area contributed by atoms with Crippen LogP contribution in [-0.2, 0) is 11.2 Å². The maximum Gasteiger partial charge on any atom is 0.230 e. The number of thioether (sulfide) groups is 1. The zero-order valence-electron chi connectivity index (χ0n) is 15.6. The average molecular weight is 398 g/mol. The molecule has 2 heterocycles. The number of tetrazole rings is 1. The van der Waals surface area contributed by atoms with Gasteiger partial charge in [-0.25, -0.2) is 9.36 Å². The highest BCUT2D eigenvalue weighted by molar-refractivity contribution is 7.99. The number of rotatable bonds is 8. The molecule has 0 spiro atoms. The molecule has 2 aromatic heterocycles. The number of hydrogen-bond acceptors (Lipinski definition) is 6. The maximum atomic E-state index is 12.2. The van der Waals surface area contributed by atoms with Crippen LogP contribution in [0.3, 0.4) is 0 Å². The van der Waals surface area contributed by atoms with Crippen LogP contribution in [0.1, 0.15) is 37.4 Å². The quantitative estimate of drug-likeness (QED) is 0.587. The molecule has 0 unspecified atom stereocenters. The molecule has 0 aliphatic heterocycles. The molecule has 0 atom stereocenters. The summed E-state index contributed by atoms with van der Waals surface area (Å²) in [6.45, 7) is 0.554. The van der Waals surface area contributed by atoms with Gasteiger partial charge in [-0.1, -0.05) is 42.8 Å². The van der Waals surface area contributed by atoms with Gasteiger partial charge in [-0.05, 0) is 41.5 Å². The van der Waals surface area contributed by atoms with Crippen molar-refractivity contribution in [3.8, 4) is 5.69 Å². The molecule has 8 nitrogen and oxygen atoms in total. The second-order valence-electron chi connectivity index (χ2n) is 6.82. The average Bonchev–Trinajstić information content (AvgIpc) is 3.48. The number of benzene rings is 1. The highest BCUT2D eigenvalue weighted by Crippen LogP contribution is 2.31. The number of carbonyl (C=O) groups excluding carboxylic acids is 1. The van der Waals surface area contributed by atoms with Crippen LogP contribution in [-0.4, -0.2) is 48.2 Å². The van der Waals surface area contributed by atoms with E-state index in [0.29, 0.717) is 24.8 Å². The number of para-hydroxylation sites is 1. The van der Waals surface area contributed by atoms with Crippen molar-refractivity contribution in [1.82, 2.24) is 35.3 Å². The molecule has 1 amide bonds. The summed E-state index contributed by atoms with van der Waals surface area (Å²) in [4.78, 5) is 12.2. The highest BCUT2D eigenvalue weighted by atomic mass is 32.2. The Balaban J connectivity index is 1.21. The van der Waals surface area contributed by atoms with Crippen molar-refractivity contribution in [2.45, 2.75) is 43.3 Å². The van der Waals surface area contributed by atoms with Gasteiger partial charge in [-0.15, -0.1) is 5.10 Å². The Bertz CT molecular complexity index is 902. The van der Waals surface area contributed by atoms with E-state index in [0.717, 1.165) is 29.4 Å². The van der Waals surface area contributed by atoms with Gasteiger partial charge in [0.2, 0.25) is 11.1 Å². The lowest BCUT2D eigenvalue weighted by molar-refractivity contribution is -0.118. The zero-order chi connectivity index (χ0) is 19.2. The molecule has 0 bridgehead atoms. The third-order valence-corrected chi connectivity index (χ3v) is 5.77. The van der Waals surface area contributed by atoms with Gasteiger partial charge in [0.25, 0.3) is 0 Å². The Morgan fingerprint density at radius 1 is 1.18 bits per heavy atom. The summed E-state index contributed by atoms with van der Waals surface area (Å²) in [6, 6.07) is 12.3. The van der Waals surface area contributed by atoms with Gasteiger partial charge < -0.3 is 5.32 Å². The van der Waals surface area contributed by atoms with Crippen molar-refractivity contribution >= 4 is 17.7 Å². The van der Waals surface area contributed by atoms with E-state index in [1.54, 1.807) is 0 Å². The lowest BCUT2D eigenvalue weighted by Crippen LogP contribution is -2.27. The maximum absolute atomic E-state index is 12.2. The number of amides is 1. The van der Waals surface area contributed by atoms with E-state index in [4.69, 9.17) is 0 Å². The first-order chi connectivity index (χ1) is 13.8. The van der Waals surface area contributed by atoms with Crippen LogP contribution in [0.15, 0.2) is 47.8 Å². The molecule has 28 heavy (non-hydrogen) atoms. The molecule has 1 N–H and O–H groups in total. The molecule has 0 saturated heterocycles. The summed E-state index contributed by atoms with van der Waals surface area (Å²) >= 11 is 1.39. The van der Waals surface area contributed by atoms with Crippen LogP contribution in [0.5, 0.6) is 0 Å². The first kappa shape index (κ1) is 18.7. The molecule has 3 aromatic rings. The van der Waals surface area contributed by atoms with Gasteiger partial charge in [0.15, 0.2) is 0 Å². The van der Waals surface area contributed by atoms with E-state index in [9.17, 15) is 4.79 Å². The Morgan fingerprint density at radius 3 is 2.82 bits per heavy atom. The summed E-state index contributed by atoms with van der Waals surface area (Å²) in [6.07, 6.45) is 7.28. The normalized spacial score (nSPS) is 14.4. The minimum Gasteiger partial charge on any atom is -0.355 e. The van der Waals surface area contributed by atoms with Gasteiger partial charge >= 0.3 is 0 Å². The number of aromatic nitrogens is 6. The fourth-order valence-corrected chi connectivity index (χ4v) is 4.16. The van der Waals surface area contributed by atoms with Crippen molar-refractivity contribution in [1.29, 1.82) is 0 Å². The number of nitrogens with one attached hydrogen (secondary N) is 1. The second kappa shape index (κ2) is 9.01. The van der Waals surface area contributed by atoms with E-state index in [2.05, 4.69) is 25.9 Å². The Labute approximate surface area is 167 Å². The molecule has 1 aromatic carbocycles. The fourth-order valence-electron chi connectivity index (χ4n) is 3.39. The second-order valence-corrected chi connectivity index (χ2v) is 7.76. The predicted octanol–water partition coefficient (Wildman–Crippen LogP) is 2.42. The minimum atomic E-state index is -0.0199. The molecule has 146 valence electrons. The van der Waals surface area contributed by atoms with Crippen molar-refractivity contribution in [3.05, 3.63) is 48.3 Å². The Morgan fingerprint density at radius 2 is 2.00 bits per heavy atom. The smallest absolute Gasteiger partial charge is 0.230 e. The highest BCUT2D eigenvalue weighted by Gasteiger charge is 2.22. The molecule has 1 aliphatic rings. The third-order valence-electron chi connectivity index (χ3n) is 4.83. The fraction of sp³-hybridized carbons (Fsp3) is 0.421. The molecule has 1 saturated carbocycles. The topological polar surface area (TPSA) is 90.5 Å². The summed E-state index contributed by atoms with van der Waals surface area (Å²) in [5.41, 5.74) is 1.97. The van der Waals surface area contributed by atoms with Gasteiger partial charge in [-0.2, -0.15) is 5.10 Å². The van der Waals surface area contributed by atoms with E-state index in [1.165, 1.54) is 24.6 Å². The van der Waals surface area contributed by atoms with E-state index < -0.39 is 0 Å². The number of hydrogen-bond donors (Lipinski definition) is 1. The molecule has 0 radical (unpaired) electrons. The lowest BCUT2D eigenvalue weighted by atomic mass is 10.3. The SMILES string of the molecule is O=C(CSc1nnnn1C1CCCC1)NCCc1ccn(-c2ccccc2)n1. The van der Waals surface area contributed by atoms with Crippen LogP contribution >= 0.6 is 11.8 Å². The van der Waals surface area contributed by atoms with Gasteiger partial charge in [0.1, 0.15) is 0 Å². The lowest BCUT2D eigenvalue weighted by Gasteiger charge is -2.10. The van der Waals surface area contributed by atoms with Crippen LogP contribution in [0.2, 0.25) is 0 Å². The molecule has 9 heteroatoms. The van der Waals surface area contributed by atoms with Crippen LogP contribution in [0, 0.1) is 0 Å². The van der Waals surface area contributed by atoms with Crippen molar-refractivity contribution in [2.75, 3.05) is 12.3 Å². The molecular formula is C19H23N7OS. The van der Waals surface area contributed by atoms with Crippen LogP contribution in [0.25, 0.3) is 5.69 Å². The Hall–Kier alpha value is -2.68. The summed E-state index contributed by atoms with van der Waals surface area (Å²) < 4.78 is 3.72. The molecular weight excluding hydrogens is 374 g/mol. The van der Waals surface area contributed by atoms with Crippen molar-refractivity contribution in [3.63, 3.8) is 0 Å². The number of nitrogens with zero attached hydrogens (tertiary/aromatic N) is 6. The van der Waals surface area contributed by atoms with Gasteiger partial charge in [0, 0.05) is 19.2 Å². The summed E-state index contributed by atoms with van der Waals surface area (Å²) in [7, 11) is 0. The monoisotopic (exact) mass is 397 g/mol. The third kappa shape index (κ3) is 4.59. The summed E-state index contributed by atoms with van der Waals surface area (Å²) in [5.74, 6) is 0.291. The van der Waals surface area contributed by atoms with E-state index in [-0.39, 0.29) is 5.91 Å². The number of carbonyl (C=O) groups is 1. The van der Waals surface area contributed by atoms with Crippen molar-refractivity contribution in [2.24, 2.45) is 0 Å². The van der Waals surface area contributed by atoms with E-state index in [1.807, 2.05) is 52.0 Å². The van der Waals surface area contributed by atoms with Gasteiger partial charge in [0.05, 0.1) is 23.2 Å². The van der Waals surface area contributed by atoms with E-state index >= 15 is 0 Å². The summed E-state index contributed by atoms with van der Waals surface area (Å²) in [5, 5.41) is 20.2. The van der Waals surface area contributed by atoms with Crippen LogP contribution in [0.4, 0.5) is 0 Å². The first-order valence-electron chi connectivity index (χ1n) is 9.57. The largest absolute Gasteiger partial charge is 0.355 e. The van der Waals surface area contributed by atoms with Gasteiger partial charge in [-0.3, -0.25) is 4.79 Å². The molecule has 4 rings (SSSR count). The Kier molecular flexibility index (Phi) is 6.01. The van der Waals surface area contributed by atoms with Crippen LogP contribution < -0.4 is 5.32 Å². The molecule has 1 fully saturated rings. The first-order valence-corrected chi connectivity index (χ1v) is 10.6. The molecule has 1 aliphatic carbocycles. The standard InChI is InChI=1S/C19H23N7OS/c27-18(14-28-19-21-23-24-26(19)17-8-4-5-9-17)20-12-10-15-11-13-25(22-15)16-6-2-1-3-7-16/h1-3,6-7,11,13,17H,4-5,8-10,12,14H2,(H,20,27). The predicted molar refractivity (Wildman–Crippen MR) is 106 cm³/mol. The minimum absolute atomic E-state index is 0.0199. The van der Waals surface area contributed by atoms with Crippen molar-refractivity contribution < 1.29 is 4.79 Å². The zero-order valence-corrected chi connectivity index (χ0v) is 16.4.